The number of benzene rings is 2. The van der Waals surface area contributed by atoms with Crippen LogP contribution in [-0.4, -0.2) is 29.8 Å². The fourth-order valence-corrected chi connectivity index (χ4v) is 2.99. The predicted octanol–water partition coefficient (Wildman–Crippen LogP) is 6.03. The number of hydrogen-bond donors (Lipinski definition) is 0. The van der Waals surface area contributed by atoms with Crippen LogP contribution in [0.25, 0.3) is 11.3 Å². The molecule has 1 aromatic heterocycles. The number of para-hydroxylation sites is 1. The number of rotatable bonds is 4. The number of carbonyl (C=O) groups excluding carboxylic acids is 2. The molecule has 0 aliphatic rings. The molecule has 33 heavy (non-hydrogen) atoms. The predicted molar refractivity (Wildman–Crippen MR) is 116 cm³/mol. The summed E-state index contributed by atoms with van der Waals surface area (Å²) in [5, 5.41) is 0. The summed E-state index contributed by atoms with van der Waals surface area (Å²) >= 11 is 0. The van der Waals surface area contributed by atoms with Gasteiger partial charge in [0.05, 0.1) is 18.4 Å². The van der Waals surface area contributed by atoms with Crippen molar-refractivity contribution < 1.29 is 32.2 Å². The number of halogens is 3. The number of esters is 1. The van der Waals surface area contributed by atoms with Crippen LogP contribution in [0.4, 0.5) is 29.5 Å². The van der Waals surface area contributed by atoms with Crippen molar-refractivity contribution in [3.8, 4) is 11.3 Å². The number of nitrogens with zero attached hydrogens (tertiary/aromatic N) is 2. The van der Waals surface area contributed by atoms with Crippen molar-refractivity contribution in [1.29, 1.82) is 0 Å². The highest BCUT2D eigenvalue weighted by atomic mass is 19.1. The fourth-order valence-electron chi connectivity index (χ4n) is 2.99. The number of ether oxygens (including phenoxy) is 2. The monoisotopic (exact) mass is 458 g/mol. The van der Waals surface area contributed by atoms with Gasteiger partial charge in [0.1, 0.15) is 34.6 Å². The average molecular weight is 458 g/mol. The standard InChI is InChI=1S/C24H21F3N2O4/c1-24(2,3)33-23(31)29(21-17(26)6-5-7-18(21)27)19-13-12-16(22(30)32-4)20(28-19)14-8-10-15(25)11-9-14/h5-13H,1-4H3. The molecule has 172 valence electrons. The van der Waals surface area contributed by atoms with Gasteiger partial charge < -0.3 is 9.47 Å². The molecule has 0 aliphatic heterocycles. The molecule has 0 N–H and O–H groups in total. The Kier molecular flexibility index (Phi) is 6.71. The van der Waals surface area contributed by atoms with Crippen molar-refractivity contribution >= 4 is 23.6 Å². The second-order valence-electron chi connectivity index (χ2n) is 7.95. The van der Waals surface area contributed by atoms with Crippen LogP contribution < -0.4 is 4.90 Å². The molecular formula is C24H21F3N2O4. The van der Waals surface area contributed by atoms with Crippen molar-refractivity contribution in [3.05, 3.63) is 77.6 Å². The second-order valence-corrected chi connectivity index (χ2v) is 7.95. The van der Waals surface area contributed by atoms with E-state index >= 15 is 0 Å². The smallest absolute Gasteiger partial charge is 0.420 e. The van der Waals surface area contributed by atoms with E-state index in [1.807, 2.05) is 0 Å². The molecule has 1 amide bonds. The molecule has 0 bridgehead atoms. The van der Waals surface area contributed by atoms with Gasteiger partial charge in [-0.3, -0.25) is 0 Å². The van der Waals surface area contributed by atoms with Crippen LogP contribution in [-0.2, 0) is 9.47 Å². The van der Waals surface area contributed by atoms with E-state index in [0.29, 0.717) is 10.5 Å². The Morgan fingerprint density at radius 1 is 0.909 bits per heavy atom. The minimum Gasteiger partial charge on any atom is -0.465 e. The summed E-state index contributed by atoms with van der Waals surface area (Å²) in [6.07, 6.45) is -1.09. The van der Waals surface area contributed by atoms with E-state index < -0.39 is 40.8 Å². The first kappa shape index (κ1) is 23.8. The summed E-state index contributed by atoms with van der Waals surface area (Å²) in [4.78, 5) is 30.3. The highest BCUT2D eigenvalue weighted by molar-refractivity contribution is 5.99. The Morgan fingerprint density at radius 3 is 2.06 bits per heavy atom. The molecule has 0 radical (unpaired) electrons. The zero-order chi connectivity index (χ0) is 24.3. The molecule has 0 aliphatic carbocycles. The van der Waals surface area contributed by atoms with Gasteiger partial charge in [-0.2, -0.15) is 0 Å². The Hall–Kier alpha value is -3.88. The molecule has 6 nitrogen and oxygen atoms in total. The lowest BCUT2D eigenvalue weighted by atomic mass is 10.1. The van der Waals surface area contributed by atoms with Crippen molar-refractivity contribution in [2.45, 2.75) is 26.4 Å². The minimum absolute atomic E-state index is 0.00556. The van der Waals surface area contributed by atoms with Gasteiger partial charge in [0, 0.05) is 5.56 Å². The number of anilines is 2. The van der Waals surface area contributed by atoms with E-state index in [-0.39, 0.29) is 17.1 Å². The zero-order valence-corrected chi connectivity index (χ0v) is 18.4. The van der Waals surface area contributed by atoms with Gasteiger partial charge in [0.15, 0.2) is 0 Å². The van der Waals surface area contributed by atoms with Gasteiger partial charge in [0.2, 0.25) is 0 Å². The lowest BCUT2D eigenvalue weighted by Gasteiger charge is -2.27. The third-order valence-corrected chi connectivity index (χ3v) is 4.37. The lowest BCUT2D eigenvalue weighted by molar-refractivity contribution is 0.0591. The van der Waals surface area contributed by atoms with Crippen molar-refractivity contribution in [2.75, 3.05) is 12.0 Å². The van der Waals surface area contributed by atoms with E-state index in [0.717, 1.165) is 30.3 Å². The maximum Gasteiger partial charge on any atom is 0.420 e. The van der Waals surface area contributed by atoms with Crippen LogP contribution in [0.1, 0.15) is 31.1 Å². The maximum absolute atomic E-state index is 14.7. The Labute approximate surface area is 188 Å². The Morgan fingerprint density at radius 2 is 1.52 bits per heavy atom. The van der Waals surface area contributed by atoms with E-state index in [9.17, 15) is 22.8 Å². The summed E-state index contributed by atoms with van der Waals surface area (Å²) in [6.45, 7) is 4.79. The Balaban J connectivity index is 2.25. The van der Waals surface area contributed by atoms with Crippen LogP contribution in [0, 0.1) is 17.5 Å². The lowest BCUT2D eigenvalue weighted by Crippen LogP contribution is -2.35. The van der Waals surface area contributed by atoms with Crippen LogP contribution in [0.3, 0.4) is 0 Å². The molecule has 0 atom stereocenters. The molecular weight excluding hydrogens is 437 g/mol. The van der Waals surface area contributed by atoms with Crippen molar-refractivity contribution in [1.82, 2.24) is 4.98 Å². The zero-order valence-electron chi connectivity index (χ0n) is 18.4. The topological polar surface area (TPSA) is 68.7 Å². The Bertz CT molecular complexity index is 1170. The molecule has 0 spiro atoms. The number of aromatic nitrogens is 1. The van der Waals surface area contributed by atoms with Crippen molar-refractivity contribution in [3.63, 3.8) is 0 Å². The van der Waals surface area contributed by atoms with Gasteiger partial charge in [0.25, 0.3) is 0 Å². The SMILES string of the molecule is COC(=O)c1ccc(N(C(=O)OC(C)(C)C)c2c(F)cccc2F)nc1-c1ccc(F)cc1. The van der Waals surface area contributed by atoms with Crippen LogP contribution in [0.2, 0.25) is 0 Å². The number of amides is 1. The van der Waals surface area contributed by atoms with E-state index in [2.05, 4.69) is 4.98 Å². The first-order valence-corrected chi connectivity index (χ1v) is 9.84. The second kappa shape index (κ2) is 9.32. The summed E-state index contributed by atoms with van der Waals surface area (Å²) in [5.74, 6) is -3.53. The van der Waals surface area contributed by atoms with Gasteiger partial charge in [-0.1, -0.05) is 6.07 Å². The molecule has 3 aromatic rings. The quantitative estimate of drug-likeness (QED) is 0.447. The molecule has 9 heteroatoms. The molecule has 2 aromatic carbocycles. The highest BCUT2D eigenvalue weighted by Gasteiger charge is 2.31. The summed E-state index contributed by atoms with van der Waals surface area (Å²) in [7, 11) is 1.17. The first-order chi connectivity index (χ1) is 15.5. The number of pyridine rings is 1. The normalized spacial score (nSPS) is 11.1. The minimum atomic E-state index is -1.09. The highest BCUT2D eigenvalue weighted by Crippen LogP contribution is 2.34. The summed E-state index contributed by atoms with van der Waals surface area (Å²) < 4.78 is 52.9. The molecule has 1 heterocycles. The van der Waals surface area contributed by atoms with Gasteiger partial charge in [-0.05, 0) is 69.3 Å². The molecule has 0 unspecified atom stereocenters. The summed E-state index contributed by atoms with van der Waals surface area (Å²) in [5.41, 5.74) is -1.34. The van der Waals surface area contributed by atoms with Gasteiger partial charge in [-0.15, -0.1) is 0 Å². The van der Waals surface area contributed by atoms with E-state index in [1.54, 1.807) is 20.8 Å². The first-order valence-electron chi connectivity index (χ1n) is 9.84. The largest absolute Gasteiger partial charge is 0.465 e. The third-order valence-electron chi connectivity index (χ3n) is 4.37. The molecule has 0 saturated carbocycles. The van der Waals surface area contributed by atoms with Gasteiger partial charge >= 0.3 is 12.1 Å². The molecule has 0 fully saturated rings. The van der Waals surface area contributed by atoms with Gasteiger partial charge in [-0.25, -0.2) is 32.6 Å². The van der Waals surface area contributed by atoms with E-state index in [1.165, 1.54) is 31.4 Å². The number of carbonyl (C=O) groups is 2. The number of hydrogen-bond acceptors (Lipinski definition) is 5. The van der Waals surface area contributed by atoms with Crippen LogP contribution >= 0.6 is 0 Å². The number of methoxy groups -OCH3 is 1. The fraction of sp³-hybridized carbons (Fsp3) is 0.208. The third kappa shape index (κ3) is 5.31. The van der Waals surface area contributed by atoms with Crippen LogP contribution in [0.5, 0.6) is 0 Å². The molecule has 3 rings (SSSR count). The van der Waals surface area contributed by atoms with Crippen LogP contribution in [0.15, 0.2) is 54.6 Å². The average Bonchev–Trinajstić information content (AvgIpc) is 2.74. The maximum atomic E-state index is 14.7. The summed E-state index contributed by atoms with van der Waals surface area (Å²) in [6, 6.07) is 10.7. The van der Waals surface area contributed by atoms with E-state index in [4.69, 9.17) is 9.47 Å². The molecule has 0 saturated heterocycles. The van der Waals surface area contributed by atoms with Crippen molar-refractivity contribution in [2.24, 2.45) is 0 Å².